The van der Waals surface area contributed by atoms with Gasteiger partial charge in [-0.2, -0.15) is 5.26 Å². The topological polar surface area (TPSA) is 74.9 Å². The number of aromatic nitrogens is 1. The third-order valence-electron chi connectivity index (χ3n) is 4.76. The normalized spacial score (nSPS) is 12.2. The molecule has 0 bridgehead atoms. The lowest BCUT2D eigenvalue weighted by Crippen LogP contribution is -2.32. The van der Waals surface area contributed by atoms with Gasteiger partial charge in [0.15, 0.2) is 5.57 Å². The number of benzene rings is 3. The first-order valence-corrected chi connectivity index (χ1v) is 10.7. The van der Waals surface area contributed by atoms with Crippen LogP contribution in [0.4, 0.5) is 5.69 Å². The molecular formula is C26H19N3O2S. The molecule has 1 amide bonds. The van der Waals surface area contributed by atoms with Gasteiger partial charge in [-0.3, -0.25) is 14.2 Å². The van der Waals surface area contributed by atoms with Crippen molar-refractivity contribution in [3.63, 3.8) is 0 Å². The predicted octanol–water partition coefficient (Wildman–Crippen LogP) is 3.35. The molecule has 4 aromatic rings. The van der Waals surface area contributed by atoms with Gasteiger partial charge in [0.05, 0.1) is 10.2 Å². The molecule has 0 saturated carbocycles. The van der Waals surface area contributed by atoms with Crippen LogP contribution in [-0.4, -0.2) is 10.5 Å². The summed E-state index contributed by atoms with van der Waals surface area (Å²) in [5, 5.41) is 12.6. The Bertz CT molecular complexity index is 1490. The molecule has 1 aromatic heterocycles. The summed E-state index contributed by atoms with van der Waals surface area (Å²) < 4.78 is 2.15. The number of anilines is 1. The molecule has 32 heavy (non-hydrogen) atoms. The second-order valence-electron chi connectivity index (χ2n) is 7.11. The van der Waals surface area contributed by atoms with E-state index in [1.165, 1.54) is 4.57 Å². The molecule has 0 radical (unpaired) electrons. The van der Waals surface area contributed by atoms with Crippen molar-refractivity contribution >= 4 is 34.6 Å². The van der Waals surface area contributed by atoms with Gasteiger partial charge in [0, 0.05) is 5.69 Å². The number of carbonyl (C=O) groups excluding carboxylic acids is 1. The second-order valence-corrected chi connectivity index (χ2v) is 8.14. The minimum atomic E-state index is -0.560. The fraction of sp³-hybridized carbons (Fsp3) is 0.0385. The maximum absolute atomic E-state index is 13.3. The molecule has 0 aliphatic rings. The van der Waals surface area contributed by atoms with Crippen LogP contribution in [-0.2, 0) is 4.79 Å². The highest BCUT2D eigenvalue weighted by atomic mass is 32.1. The summed E-state index contributed by atoms with van der Waals surface area (Å²) in [7, 11) is 0. The molecule has 0 saturated heterocycles. The van der Waals surface area contributed by atoms with Crippen LogP contribution in [0.5, 0.6) is 0 Å². The molecule has 6 heteroatoms. The molecule has 4 rings (SSSR count). The summed E-state index contributed by atoms with van der Waals surface area (Å²) in [5.74, 6) is -0.560. The third kappa shape index (κ3) is 4.43. The summed E-state index contributed by atoms with van der Waals surface area (Å²) >= 11 is 1.13. The molecule has 156 valence electrons. The fourth-order valence-corrected chi connectivity index (χ4v) is 4.38. The van der Waals surface area contributed by atoms with Crippen molar-refractivity contribution in [3.05, 3.63) is 116 Å². The summed E-state index contributed by atoms with van der Waals surface area (Å²) in [5.41, 5.74) is 2.62. The number of amides is 1. The maximum Gasteiger partial charge on any atom is 0.273 e. The standard InChI is InChI=1S/C26H19N3O2S/c1-18-9-8-12-20(15-18)28-24(30)22(17-27)26-29(21-13-6-3-7-14-21)25(31)23(32-26)16-19-10-4-2-5-11-19/h2-16H,1H3,(H,28,30)/b23-16+,26-22+. The molecule has 0 fully saturated rings. The smallest absolute Gasteiger partial charge is 0.273 e. The SMILES string of the molecule is Cc1cccc(NC(=O)/C(C#N)=c2/s/c(=C/c3ccccc3)c(=O)n2-c2ccccc2)c1. The van der Waals surface area contributed by atoms with Crippen LogP contribution in [0, 0.1) is 18.3 Å². The summed E-state index contributed by atoms with van der Waals surface area (Å²) in [6.07, 6.45) is 1.77. The van der Waals surface area contributed by atoms with Gasteiger partial charge in [0.2, 0.25) is 0 Å². The molecule has 0 atom stereocenters. The van der Waals surface area contributed by atoms with Crippen molar-refractivity contribution < 1.29 is 4.79 Å². The minimum Gasteiger partial charge on any atom is -0.321 e. The summed E-state index contributed by atoms with van der Waals surface area (Å²) in [6, 6.07) is 27.8. The zero-order chi connectivity index (χ0) is 22.5. The number of para-hydroxylation sites is 1. The van der Waals surface area contributed by atoms with E-state index in [1.807, 2.05) is 79.7 Å². The van der Waals surface area contributed by atoms with Gasteiger partial charge < -0.3 is 5.32 Å². The highest BCUT2D eigenvalue weighted by Gasteiger charge is 2.17. The lowest BCUT2D eigenvalue weighted by molar-refractivity contribution is -0.111. The molecule has 0 spiro atoms. The Labute approximate surface area is 188 Å². The largest absolute Gasteiger partial charge is 0.321 e. The van der Waals surface area contributed by atoms with Crippen molar-refractivity contribution in [2.45, 2.75) is 6.92 Å². The molecule has 1 heterocycles. The zero-order valence-corrected chi connectivity index (χ0v) is 18.1. The van der Waals surface area contributed by atoms with Crippen LogP contribution in [0.1, 0.15) is 11.1 Å². The molecule has 3 aromatic carbocycles. The van der Waals surface area contributed by atoms with Gasteiger partial charge in [-0.15, -0.1) is 11.3 Å². The van der Waals surface area contributed by atoms with E-state index in [-0.39, 0.29) is 15.8 Å². The first-order chi connectivity index (χ1) is 15.6. The monoisotopic (exact) mass is 437 g/mol. The Morgan fingerprint density at radius 1 is 1.00 bits per heavy atom. The Hall–Kier alpha value is -4.21. The zero-order valence-electron chi connectivity index (χ0n) is 17.3. The van der Waals surface area contributed by atoms with E-state index >= 15 is 0 Å². The van der Waals surface area contributed by atoms with Gasteiger partial charge in [0.25, 0.3) is 11.5 Å². The number of nitrogens with one attached hydrogen (secondary N) is 1. The first-order valence-electron chi connectivity index (χ1n) is 9.93. The van der Waals surface area contributed by atoms with Crippen molar-refractivity contribution in [2.75, 3.05) is 5.32 Å². The van der Waals surface area contributed by atoms with Crippen LogP contribution in [0.15, 0.2) is 89.7 Å². The van der Waals surface area contributed by atoms with Crippen LogP contribution in [0.2, 0.25) is 0 Å². The molecule has 0 aliphatic heterocycles. The lowest BCUT2D eigenvalue weighted by atomic mass is 10.2. The Balaban J connectivity index is 1.95. The average Bonchev–Trinajstić information content (AvgIpc) is 3.11. The average molecular weight is 438 g/mol. The van der Waals surface area contributed by atoms with E-state index < -0.39 is 5.91 Å². The number of aryl methyl sites for hydroxylation is 1. The number of nitrogens with zero attached hydrogens (tertiary/aromatic N) is 2. The van der Waals surface area contributed by atoms with Crippen LogP contribution in [0.3, 0.4) is 0 Å². The Morgan fingerprint density at radius 3 is 2.34 bits per heavy atom. The third-order valence-corrected chi connectivity index (χ3v) is 5.86. The van der Waals surface area contributed by atoms with Crippen molar-refractivity contribution in [3.8, 4) is 11.8 Å². The van der Waals surface area contributed by atoms with Crippen molar-refractivity contribution in [1.29, 1.82) is 5.26 Å². The number of thiazole rings is 1. The molecule has 1 N–H and O–H groups in total. The van der Waals surface area contributed by atoms with Crippen molar-refractivity contribution in [1.82, 2.24) is 4.57 Å². The molecule has 0 unspecified atom stereocenters. The maximum atomic E-state index is 13.3. The summed E-state index contributed by atoms with van der Waals surface area (Å²) in [4.78, 5) is 26.4. The minimum absolute atomic E-state index is 0.120. The van der Waals surface area contributed by atoms with Gasteiger partial charge in [-0.05, 0) is 48.4 Å². The van der Waals surface area contributed by atoms with Crippen LogP contribution >= 0.6 is 11.3 Å². The van der Waals surface area contributed by atoms with E-state index in [4.69, 9.17) is 0 Å². The quantitative estimate of drug-likeness (QED) is 0.532. The van der Waals surface area contributed by atoms with Crippen molar-refractivity contribution in [2.24, 2.45) is 0 Å². The highest BCUT2D eigenvalue weighted by molar-refractivity contribution is 7.07. The number of hydrogen-bond acceptors (Lipinski definition) is 4. The number of rotatable bonds is 4. The lowest BCUT2D eigenvalue weighted by Gasteiger charge is -2.06. The van der Waals surface area contributed by atoms with E-state index in [0.717, 1.165) is 22.5 Å². The van der Waals surface area contributed by atoms with E-state index in [2.05, 4.69) is 5.32 Å². The molecule has 5 nitrogen and oxygen atoms in total. The van der Waals surface area contributed by atoms with Crippen LogP contribution < -0.4 is 20.1 Å². The van der Waals surface area contributed by atoms with Gasteiger partial charge in [-0.25, -0.2) is 0 Å². The van der Waals surface area contributed by atoms with E-state index in [9.17, 15) is 14.9 Å². The van der Waals surface area contributed by atoms with Gasteiger partial charge in [-0.1, -0.05) is 60.7 Å². The summed E-state index contributed by atoms with van der Waals surface area (Å²) in [6.45, 7) is 1.92. The van der Waals surface area contributed by atoms with Gasteiger partial charge >= 0.3 is 0 Å². The van der Waals surface area contributed by atoms with E-state index in [0.29, 0.717) is 15.9 Å². The molecular weight excluding hydrogens is 418 g/mol. The first kappa shape index (κ1) is 21.0. The van der Waals surface area contributed by atoms with Crippen LogP contribution in [0.25, 0.3) is 17.3 Å². The Morgan fingerprint density at radius 2 is 1.69 bits per heavy atom. The number of nitriles is 1. The van der Waals surface area contributed by atoms with E-state index in [1.54, 1.807) is 24.3 Å². The second kappa shape index (κ2) is 9.29. The molecule has 0 aliphatic carbocycles. The fourth-order valence-electron chi connectivity index (χ4n) is 3.27. The number of carbonyl (C=O) groups is 1. The number of hydrogen-bond donors (Lipinski definition) is 1. The van der Waals surface area contributed by atoms with Gasteiger partial charge in [0.1, 0.15) is 10.7 Å². The predicted molar refractivity (Wildman–Crippen MR) is 128 cm³/mol. The Kier molecular flexibility index (Phi) is 6.11. The highest BCUT2D eigenvalue weighted by Crippen LogP contribution is 2.11.